The molecule has 8 atom stereocenters. The van der Waals surface area contributed by atoms with E-state index in [2.05, 4.69) is 36.8 Å². The summed E-state index contributed by atoms with van der Waals surface area (Å²) in [5.41, 5.74) is 1.05. The monoisotopic (exact) mass is 659 g/mol. The third-order valence-corrected chi connectivity index (χ3v) is 10.7. The van der Waals surface area contributed by atoms with Crippen LogP contribution in [0.3, 0.4) is 0 Å². The molecule has 1 aliphatic rings. The van der Waals surface area contributed by atoms with Crippen molar-refractivity contribution >= 4 is 17.6 Å². The highest BCUT2D eigenvalue weighted by Crippen LogP contribution is 2.33. The number of ether oxygens (including phenoxy) is 1. The zero-order valence-corrected chi connectivity index (χ0v) is 30.3. The number of carbonyl (C=O) groups is 3. The van der Waals surface area contributed by atoms with Crippen LogP contribution in [0.15, 0.2) is 48.8 Å². The highest BCUT2D eigenvalue weighted by atomic mass is 16.5. The van der Waals surface area contributed by atoms with Gasteiger partial charge in [-0.05, 0) is 48.6 Å². The number of benzene rings is 1. The summed E-state index contributed by atoms with van der Waals surface area (Å²) in [6, 6.07) is 13.5. The average Bonchev–Trinajstić information content (AvgIpc) is 3.59. The molecule has 0 spiro atoms. The fourth-order valence-corrected chi connectivity index (χ4v) is 7.29. The van der Waals surface area contributed by atoms with Crippen molar-refractivity contribution in [2.24, 2.45) is 35.5 Å². The Bertz CT molecular complexity index is 1350. The van der Waals surface area contributed by atoms with Gasteiger partial charge in [0.1, 0.15) is 11.6 Å². The number of ketones is 1. The number of aromatic nitrogens is 2. The third kappa shape index (κ3) is 10.2. The van der Waals surface area contributed by atoms with Crippen LogP contribution in [0.1, 0.15) is 85.0 Å². The van der Waals surface area contributed by atoms with Crippen molar-refractivity contribution in [3.05, 3.63) is 60.2 Å². The van der Waals surface area contributed by atoms with Gasteiger partial charge in [-0.1, -0.05) is 78.3 Å². The molecule has 0 radical (unpaired) electrons. The van der Waals surface area contributed by atoms with Crippen LogP contribution in [-0.4, -0.2) is 76.3 Å². The first kappa shape index (κ1) is 38.8. The van der Waals surface area contributed by atoms with E-state index in [1.165, 1.54) is 0 Å². The Balaban J connectivity index is 1.71. The second-order valence-electron chi connectivity index (χ2n) is 14.2. The molecule has 1 aromatic carbocycles. The van der Waals surface area contributed by atoms with Crippen LogP contribution in [0.5, 0.6) is 0 Å². The van der Waals surface area contributed by atoms with E-state index >= 15 is 0 Å². The number of methoxy groups -OCH3 is 1. The van der Waals surface area contributed by atoms with E-state index in [1.54, 1.807) is 30.5 Å². The molecule has 3 rings (SSSR count). The Morgan fingerprint density at radius 2 is 1.69 bits per heavy atom. The molecule has 2 aromatic rings. The second kappa shape index (κ2) is 18.8. The van der Waals surface area contributed by atoms with Gasteiger partial charge in [-0.15, -0.1) is 0 Å². The lowest BCUT2D eigenvalue weighted by molar-refractivity contribution is -0.147. The lowest BCUT2D eigenvalue weighted by atomic mass is 9.81. The Morgan fingerprint density at radius 3 is 2.27 bits per heavy atom. The van der Waals surface area contributed by atoms with Gasteiger partial charge in [0, 0.05) is 63.8 Å². The second-order valence-corrected chi connectivity index (χ2v) is 14.2. The van der Waals surface area contributed by atoms with Gasteiger partial charge < -0.3 is 14.5 Å². The molecule has 1 aromatic heterocycles. The molecule has 0 bridgehead atoms. The molecular weight excluding hydrogens is 602 g/mol. The largest absolute Gasteiger partial charge is 0.379 e. The van der Waals surface area contributed by atoms with Crippen molar-refractivity contribution in [3.8, 4) is 6.07 Å². The first-order valence-electron chi connectivity index (χ1n) is 17.7. The van der Waals surface area contributed by atoms with E-state index in [0.29, 0.717) is 25.2 Å². The number of likely N-dealkylation sites (N-methyl/N-ethyl adjacent to an activating group) is 1. The number of hydrogen-bond acceptors (Lipinski definition) is 7. The third-order valence-electron chi connectivity index (χ3n) is 10.7. The summed E-state index contributed by atoms with van der Waals surface area (Å²) in [7, 11) is 3.45. The minimum absolute atomic E-state index is 0.000183. The first-order valence-corrected chi connectivity index (χ1v) is 17.7. The van der Waals surface area contributed by atoms with Gasteiger partial charge >= 0.3 is 0 Å². The molecule has 9 nitrogen and oxygen atoms in total. The van der Waals surface area contributed by atoms with Crippen molar-refractivity contribution < 1.29 is 19.1 Å². The van der Waals surface area contributed by atoms with Crippen molar-refractivity contribution in [2.75, 3.05) is 20.7 Å². The minimum Gasteiger partial charge on any atom is -0.379 e. The molecular formula is C39H57N5O4. The fourth-order valence-electron chi connectivity index (χ4n) is 7.29. The van der Waals surface area contributed by atoms with E-state index < -0.39 is 6.10 Å². The van der Waals surface area contributed by atoms with E-state index in [9.17, 15) is 19.6 Å². The lowest BCUT2D eigenvalue weighted by Crippen LogP contribution is -2.53. The molecule has 0 saturated carbocycles. The van der Waals surface area contributed by atoms with E-state index in [4.69, 9.17) is 4.74 Å². The van der Waals surface area contributed by atoms with Gasteiger partial charge in [0.2, 0.25) is 11.8 Å². The molecule has 2 heterocycles. The van der Waals surface area contributed by atoms with Crippen LogP contribution in [0.2, 0.25) is 0 Å². The normalized spacial score (nSPS) is 19.1. The zero-order valence-electron chi connectivity index (χ0n) is 30.3. The average molecular weight is 660 g/mol. The molecule has 1 aliphatic heterocycles. The number of nitriles is 1. The van der Waals surface area contributed by atoms with Crippen LogP contribution < -0.4 is 0 Å². The van der Waals surface area contributed by atoms with Crippen LogP contribution in [0, 0.1) is 46.8 Å². The van der Waals surface area contributed by atoms with Crippen LogP contribution in [-0.2, 0) is 32.0 Å². The zero-order chi connectivity index (χ0) is 35.4. The Labute approximate surface area is 288 Å². The van der Waals surface area contributed by atoms with Crippen molar-refractivity contribution in [3.63, 3.8) is 0 Å². The van der Waals surface area contributed by atoms with Crippen molar-refractivity contribution in [1.29, 1.82) is 5.26 Å². The number of likely N-dealkylation sites (tertiary alicyclic amines) is 1. The Kier molecular flexibility index (Phi) is 15.2. The van der Waals surface area contributed by atoms with Gasteiger partial charge in [-0.2, -0.15) is 5.26 Å². The van der Waals surface area contributed by atoms with Gasteiger partial charge in [0.25, 0.3) is 0 Å². The predicted molar refractivity (Wildman–Crippen MR) is 187 cm³/mol. The molecule has 262 valence electrons. The van der Waals surface area contributed by atoms with Gasteiger partial charge in [-0.3, -0.25) is 14.4 Å². The first-order chi connectivity index (χ1) is 22.9. The number of rotatable bonds is 18. The summed E-state index contributed by atoms with van der Waals surface area (Å²) in [5.74, 6) is -0.181. The molecule has 48 heavy (non-hydrogen) atoms. The van der Waals surface area contributed by atoms with E-state index in [0.717, 1.165) is 24.8 Å². The van der Waals surface area contributed by atoms with Crippen LogP contribution in [0.4, 0.5) is 0 Å². The lowest BCUT2D eigenvalue weighted by Gasteiger charge is -2.40. The summed E-state index contributed by atoms with van der Waals surface area (Å²) in [4.78, 5) is 54.0. The minimum atomic E-state index is -0.493. The quantitative estimate of drug-likeness (QED) is 0.188. The number of Topliss-reactive ketones (excluding diaryl/α,β-unsaturated/α-hetero) is 1. The maximum absolute atomic E-state index is 14.1. The van der Waals surface area contributed by atoms with Gasteiger partial charge in [-0.25, -0.2) is 9.97 Å². The summed E-state index contributed by atoms with van der Waals surface area (Å²) in [6.07, 6.45) is 6.76. The summed E-state index contributed by atoms with van der Waals surface area (Å²) in [5, 5.41) is 9.79. The number of hydrogen-bond donors (Lipinski definition) is 0. The standard InChI is InChI=1S/C39H57N5O4/c1-9-27(4)38(43(7)39(47)32(26(2)3)23-36-41-18-14-19-42-36)35(48-8)24-37(46)44-20-13-17-33(44)28(5)29(6)34(45)22-31(25-40)21-30-15-11-10-12-16-30/h10-12,14-16,18-19,26-29,31-33,35,38H,9,13,17,20-24H2,1-8H3/t27-,28+,29+,31+,32-,33-,35+,38-/m0/s1. The van der Waals surface area contributed by atoms with Crippen molar-refractivity contribution in [1.82, 2.24) is 19.8 Å². The highest BCUT2D eigenvalue weighted by molar-refractivity contribution is 5.82. The molecule has 2 amide bonds. The van der Waals surface area contributed by atoms with Crippen LogP contribution >= 0.6 is 0 Å². The van der Waals surface area contributed by atoms with Gasteiger partial charge in [0.15, 0.2) is 0 Å². The highest BCUT2D eigenvalue weighted by Gasteiger charge is 2.41. The van der Waals surface area contributed by atoms with Crippen LogP contribution in [0.25, 0.3) is 0 Å². The number of amides is 2. The van der Waals surface area contributed by atoms with E-state index in [1.807, 2.05) is 63.1 Å². The fraction of sp³-hybridized carbons (Fsp3) is 0.641. The number of carbonyl (C=O) groups excluding carboxylic acids is 3. The van der Waals surface area contributed by atoms with Crippen molar-refractivity contribution in [2.45, 2.75) is 105 Å². The Morgan fingerprint density at radius 1 is 1.02 bits per heavy atom. The summed E-state index contributed by atoms with van der Waals surface area (Å²) >= 11 is 0. The number of nitrogens with zero attached hydrogens (tertiary/aromatic N) is 5. The summed E-state index contributed by atoms with van der Waals surface area (Å²) < 4.78 is 6.03. The maximum Gasteiger partial charge on any atom is 0.226 e. The van der Waals surface area contributed by atoms with E-state index in [-0.39, 0.29) is 78.0 Å². The topological polar surface area (TPSA) is 116 Å². The maximum atomic E-state index is 14.1. The molecule has 0 N–H and O–H groups in total. The molecule has 0 unspecified atom stereocenters. The molecule has 1 saturated heterocycles. The molecule has 9 heteroatoms. The molecule has 0 aliphatic carbocycles. The predicted octanol–water partition coefficient (Wildman–Crippen LogP) is 6.17. The summed E-state index contributed by atoms with van der Waals surface area (Å²) in [6.45, 7) is 12.9. The smallest absolute Gasteiger partial charge is 0.226 e. The van der Waals surface area contributed by atoms with Gasteiger partial charge in [0.05, 0.1) is 30.6 Å². The Hall–Kier alpha value is -3.64. The molecule has 1 fully saturated rings. The SMILES string of the molecule is CC[C@H](C)[C@@H]([C@@H](CC(=O)N1CCC[C@H]1[C@H](C)[C@@H](C)C(=O)C[C@H](C#N)Cc1ccccc1)OC)N(C)C(=O)[C@@H](Cc1ncccn1)C(C)C.